The minimum absolute atomic E-state index is 0.352. The highest BCUT2D eigenvalue weighted by Crippen LogP contribution is 2.36. The van der Waals surface area contributed by atoms with E-state index in [0.717, 1.165) is 37.5 Å². The Hall–Kier alpha value is -1.74. The zero-order valence-electron chi connectivity index (χ0n) is 11.8. The van der Waals surface area contributed by atoms with E-state index < -0.39 is 0 Å². The van der Waals surface area contributed by atoms with Gasteiger partial charge in [-0.1, -0.05) is 25.1 Å². The number of hydrogen-bond donors (Lipinski definition) is 1. The first-order valence-electron chi connectivity index (χ1n) is 7.36. The van der Waals surface area contributed by atoms with Crippen LogP contribution >= 0.6 is 0 Å². The molecule has 1 N–H and O–H groups in total. The van der Waals surface area contributed by atoms with Gasteiger partial charge in [0, 0.05) is 23.9 Å². The molecule has 0 spiro atoms. The summed E-state index contributed by atoms with van der Waals surface area (Å²) >= 11 is 0. The van der Waals surface area contributed by atoms with Gasteiger partial charge in [0.25, 0.3) is 0 Å². The highest BCUT2D eigenvalue weighted by molar-refractivity contribution is 5.40. The molecule has 1 aromatic carbocycles. The molecule has 0 amide bonds. The van der Waals surface area contributed by atoms with Crippen LogP contribution in [0.1, 0.15) is 30.6 Å². The average molecular weight is 271 g/mol. The number of fused-ring (bicyclic) bond motifs is 1. The predicted molar refractivity (Wildman–Crippen MR) is 79.2 cm³/mol. The second kappa shape index (κ2) is 6.14. The third-order valence-electron chi connectivity index (χ3n) is 3.88. The van der Waals surface area contributed by atoms with Gasteiger partial charge in [-0.25, -0.2) is 0 Å². The summed E-state index contributed by atoms with van der Waals surface area (Å²) in [5, 5.41) is 3.65. The van der Waals surface area contributed by atoms with Crippen molar-refractivity contribution in [2.75, 3.05) is 13.2 Å². The van der Waals surface area contributed by atoms with Crippen molar-refractivity contribution in [3.63, 3.8) is 0 Å². The van der Waals surface area contributed by atoms with Crippen molar-refractivity contribution < 1.29 is 9.15 Å². The van der Waals surface area contributed by atoms with E-state index in [1.54, 1.807) is 6.26 Å². The maximum absolute atomic E-state index is 5.82. The Bertz CT molecular complexity index is 536. The third kappa shape index (κ3) is 2.73. The molecule has 1 aliphatic rings. The van der Waals surface area contributed by atoms with Gasteiger partial charge in [0.1, 0.15) is 11.5 Å². The topological polar surface area (TPSA) is 34.4 Å². The Morgan fingerprint density at radius 1 is 1.25 bits per heavy atom. The van der Waals surface area contributed by atoms with Gasteiger partial charge in [-0.3, -0.25) is 0 Å². The fraction of sp³-hybridized carbons (Fsp3) is 0.412. The molecule has 2 unspecified atom stereocenters. The van der Waals surface area contributed by atoms with Crippen LogP contribution in [0, 0.1) is 0 Å². The SMILES string of the molecule is CCCNC(Cc1ccco1)C1COc2ccccc21. The summed E-state index contributed by atoms with van der Waals surface area (Å²) in [6.45, 7) is 3.96. The van der Waals surface area contributed by atoms with Crippen molar-refractivity contribution in [2.45, 2.75) is 31.7 Å². The Balaban J connectivity index is 1.79. The lowest BCUT2D eigenvalue weighted by atomic mass is 9.90. The zero-order chi connectivity index (χ0) is 13.8. The molecule has 0 saturated carbocycles. The van der Waals surface area contributed by atoms with E-state index in [-0.39, 0.29) is 0 Å². The molecule has 1 aromatic heterocycles. The van der Waals surface area contributed by atoms with E-state index in [1.165, 1.54) is 5.56 Å². The molecule has 2 heterocycles. The quantitative estimate of drug-likeness (QED) is 0.874. The molecule has 0 saturated heterocycles. The second-order valence-corrected chi connectivity index (χ2v) is 5.30. The fourth-order valence-corrected chi connectivity index (χ4v) is 2.85. The fourth-order valence-electron chi connectivity index (χ4n) is 2.85. The van der Waals surface area contributed by atoms with Crippen LogP contribution in [0.3, 0.4) is 0 Å². The summed E-state index contributed by atoms with van der Waals surface area (Å²) in [6, 6.07) is 12.7. The Labute approximate surface area is 119 Å². The van der Waals surface area contributed by atoms with Crippen LogP contribution in [0.15, 0.2) is 47.1 Å². The van der Waals surface area contributed by atoms with E-state index in [1.807, 2.05) is 18.2 Å². The summed E-state index contributed by atoms with van der Waals surface area (Å²) in [6.07, 6.45) is 3.77. The molecular weight excluding hydrogens is 250 g/mol. The van der Waals surface area contributed by atoms with Gasteiger partial charge >= 0.3 is 0 Å². The Morgan fingerprint density at radius 3 is 2.95 bits per heavy atom. The van der Waals surface area contributed by atoms with Crippen molar-refractivity contribution in [1.29, 1.82) is 0 Å². The summed E-state index contributed by atoms with van der Waals surface area (Å²) in [7, 11) is 0. The summed E-state index contributed by atoms with van der Waals surface area (Å²) in [5.74, 6) is 2.45. The molecule has 3 nitrogen and oxygen atoms in total. The van der Waals surface area contributed by atoms with Crippen LogP contribution in [-0.2, 0) is 6.42 Å². The first-order valence-corrected chi connectivity index (χ1v) is 7.36. The lowest BCUT2D eigenvalue weighted by Crippen LogP contribution is -2.38. The molecular formula is C17H21NO2. The average Bonchev–Trinajstić information content (AvgIpc) is 3.12. The van der Waals surface area contributed by atoms with Gasteiger partial charge in [-0.2, -0.15) is 0 Å². The second-order valence-electron chi connectivity index (χ2n) is 5.30. The van der Waals surface area contributed by atoms with Gasteiger partial charge < -0.3 is 14.5 Å². The van der Waals surface area contributed by atoms with Crippen molar-refractivity contribution in [3.05, 3.63) is 54.0 Å². The number of rotatable bonds is 6. The molecule has 2 atom stereocenters. The molecule has 0 fully saturated rings. The van der Waals surface area contributed by atoms with E-state index in [9.17, 15) is 0 Å². The number of nitrogens with one attached hydrogen (secondary N) is 1. The van der Waals surface area contributed by atoms with E-state index in [4.69, 9.17) is 9.15 Å². The van der Waals surface area contributed by atoms with Crippen LogP contribution in [0.4, 0.5) is 0 Å². The van der Waals surface area contributed by atoms with Gasteiger partial charge in [-0.05, 0) is 31.2 Å². The molecule has 0 aliphatic carbocycles. The van der Waals surface area contributed by atoms with Gasteiger partial charge in [0.2, 0.25) is 0 Å². The number of benzene rings is 1. The molecule has 106 valence electrons. The van der Waals surface area contributed by atoms with Crippen LogP contribution in [0.5, 0.6) is 5.75 Å². The summed E-state index contributed by atoms with van der Waals surface area (Å²) < 4.78 is 11.3. The first-order chi connectivity index (χ1) is 9.88. The lowest BCUT2D eigenvalue weighted by molar-refractivity contribution is 0.291. The maximum Gasteiger partial charge on any atom is 0.122 e. The normalized spacial score (nSPS) is 18.6. The van der Waals surface area contributed by atoms with E-state index >= 15 is 0 Å². The number of hydrogen-bond acceptors (Lipinski definition) is 3. The largest absolute Gasteiger partial charge is 0.493 e. The van der Waals surface area contributed by atoms with Crippen molar-refractivity contribution in [3.8, 4) is 5.75 Å². The number of para-hydroxylation sites is 1. The summed E-state index contributed by atoms with van der Waals surface area (Å²) in [4.78, 5) is 0. The molecule has 2 aromatic rings. The monoisotopic (exact) mass is 271 g/mol. The molecule has 3 rings (SSSR count). The Kier molecular flexibility index (Phi) is 4.07. The van der Waals surface area contributed by atoms with Crippen LogP contribution in [0.25, 0.3) is 0 Å². The highest BCUT2D eigenvalue weighted by atomic mass is 16.5. The molecule has 3 heteroatoms. The Morgan fingerprint density at radius 2 is 2.15 bits per heavy atom. The molecule has 1 aliphatic heterocycles. The summed E-state index contributed by atoms with van der Waals surface area (Å²) in [5.41, 5.74) is 1.31. The lowest BCUT2D eigenvalue weighted by Gasteiger charge is -2.23. The van der Waals surface area contributed by atoms with Crippen molar-refractivity contribution in [2.24, 2.45) is 0 Å². The molecule has 0 bridgehead atoms. The standard InChI is InChI=1S/C17H21NO2/c1-2-9-18-16(11-13-6-5-10-19-13)15-12-20-17-8-4-3-7-14(15)17/h3-8,10,15-16,18H,2,9,11-12H2,1H3. The van der Waals surface area contributed by atoms with Crippen molar-refractivity contribution in [1.82, 2.24) is 5.32 Å². The van der Waals surface area contributed by atoms with Gasteiger partial charge in [-0.15, -0.1) is 0 Å². The maximum atomic E-state index is 5.82. The third-order valence-corrected chi connectivity index (χ3v) is 3.88. The minimum atomic E-state index is 0.352. The number of furan rings is 1. The van der Waals surface area contributed by atoms with Crippen molar-refractivity contribution >= 4 is 0 Å². The molecule has 20 heavy (non-hydrogen) atoms. The smallest absolute Gasteiger partial charge is 0.122 e. The number of ether oxygens (including phenoxy) is 1. The first kappa shape index (κ1) is 13.3. The van der Waals surface area contributed by atoms with Crippen LogP contribution in [0.2, 0.25) is 0 Å². The van der Waals surface area contributed by atoms with Gasteiger partial charge in [0.05, 0.1) is 12.9 Å². The zero-order valence-corrected chi connectivity index (χ0v) is 11.8. The van der Waals surface area contributed by atoms with Crippen LogP contribution in [-0.4, -0.2) is 19.2 Å². The van der Waals surface area contributed by atoms with Gasteiger partial charge in [0.15, 0.2) is 0 Å². The van der Waals surface area contributed by atoms with E-state index in [0.29, 0.717) is 12.0 Å². The van der Waals surface area contributed by atoms with E-state index in [2.05, 4.69) is 30.4 Å². The minimum Gasteiger partial charge on any atom is -0.493 e. The molecule has 0 radical (unpaired) electrons. The predicted octanol–water partition coefficient (Wildman–Crippen LogP) is 3.37. The van der Waals surface area contributed by atoms with Crippen LogP contribution < -0.4 is 10.1 Å². The highest BCUT2D eigenvalue weighted by Gasteiger charge is 2.31.